The molecule has 1 unspecified atom stereocenters. The summed E-state index contributed by atoms with van der Waals surface area (Å²) in [5, 5.41) is 14.0. The van der Waals surface area contributed by atoms with Crippen LogP contribution in [0, 0.1) is 0 Å². The quantitative estimate of drug-likeness (QED) is 0.733. The normalized spacial score (nSPS) is 13.2. The lowest BCUT2D eigenvalue weighted by atomic mass is 10.3. The number of nitrogens with one attached hydrogen (secondary N) is 2. The second-order valence-electron chi connectivity index (χ2n) is 3.23. The molecule has 0 aliphatic carbocycles. The smallest absolute Gasteiger partial charge is 0.382 e. The zero-order chi connectivity index (χ0) is 12.9. The van der Waals surface area contributed by atoms with Gasteiger partial charge in [0.25, 0.3) is 0 Å². The van der Waals surface area contributed by atoms with Crippen LogP contribution in [0.4, 0.5) is 24.9 Å². The molecule has 1 aromatic rings. The Morgan fingerprint density at radius 3 is 2.71 bits per heavy atom. The molecule has 0 aliphatic heterocycles. The standard InChI is InChI=1S/C9H13F3N4O/c1-2-13-8-14-4-3-7(16-8)15-5-6(17)9(10,11)12/h3-4,6,17H,2,5H2,1H3,(H2,13,14,15,16). The van der Waals surface area contributed by atoms with Crippen molar-refractivity contribution in [3.05, 3.63) is 12.3 Å². The van der Waals surface area contributed by atoms with Crippen LogP contribution >= 0.6 is 0 Å². The van der Waals surface area contributed by atoms with E-state index in [1.165, 1.54) is 12.3 Å². The number of aromatic nitrogens is 2. The van der Waals surface area contributed by atoms with Crippen LogP contribution in [0.3, 0.4) is 0 Å². The molecule has 1 aromatic heterocycles. The van der Waals surface area contributed by atoms with Gasteiger partial charge in [-0.05, 0) is 13.0 Å². The van der Waals surface area contributed by atoms with E-state index in [1.807, 2.05) is 6.92 Å². The predicted octanol–water partition coefficient (Wildman–Crippen LogP) is 1.24. The number of nitrogens with zero attached hydrogens (tertiary/aromatic N) is 2. The van der Waals surface area contributed by atoms with Crippen LogP contribution in [0.25, 0.3) is 0 Å². The van der Waals surface area contributed by atoms with Gasteiger partial charge in [-0.1, -0.05) is 0 Å². The molecule has 0 fully saturated rings. The molecule has 0 radical (unpaired) electrons. The number of hydrogen-bond donors (Lipinski definition) is 3. The highest BCUT2D eigenvalue weighted by Crippen LogP contribution is 2.20. The summed E-state index contributed by atoms with van der Waals surface area (Å²) in [7, 11) is 0. The van der Waals surface area contributed by atoms with Gasteiger partial charge in [-0.2, -0.15) is 18.2 Å². The molecular weight excluding hydrogens is 237 g/mol. The average Bonchev–Trinajstić information content (AvgIpc) is 2.25. The molecule has 3 N–H and O–H groups in total. The van der Waals surface area contributed by atoms with E-state index < -0.39 is 18.8 Å². The van der Waals surface area contributed by atoms with Crippen LogP contribution in [0.1, 0.15) is 6.92 Å². The molecule has 0 amide bonds. The van der Waals surface area contributed by atoms with Gasteiger partial charge in [-0.3, -0.25) is 0 Å². The molecule has 0 aromatic carbocycles. The van der Waals surface area contributed by atoms with E-state index in [4.69, 9.17) is 5.11 Å². The van der Waals surface area contributed by atoms with Crippen LogP contribution in [0.5, 0.6) is 0 Å². The van der Waals surface area contributed by atoms with E-state index in [1.54, 1.807) is 0 Å². The minimum absolute atomic E-state index is 0.222. The van der Waals surface area contributed by atoms with E-state index in [0.29, 0.717) is 12.5 Å². The fourth-order valence-electron chi connectivity index (χ4n) is 1.02. The third-order valence-corrected chi connectivity index (χ3v) is 1.84. The summed E-state index contributed by atoms with van der Waals surface area (Å²) in [6.07, 6.45) is -5.64. The van der Waals surface area contributed by atoms with Gasteiger partial charge in [-0.15, -0.1) is 0 Å². The van der Waals surface area contributed by atoms with Gasteiger partial charge < -0.3 is 15.7 Å². The monoisotopic (exact) mass is 250 g/mol. The zero-order valence-electron chi connectivity index (χ0n) is 9.12. The Labute approximate surface area is 96.1 Å². The molecule has 17 heavy (non-hydrogen) atoms. The highest BCUT2D eigenvalue weighted by Gasteiger charge is 2.37. The topological polar surface area (TPSA) is 70.1 Å². The highest BCUT2D eigenvalue weighted by molar-refractivity contribution is 5.39. The fraction of sp³-hybridized carbons (Fsp3) is 0.556. The summed E-state index contributed by atoms with van der Waals surface area (Å²) < 4.78 is 36.1. The Kier molecular flexibility index (Phi) is 4.50. The number of anilines is 2. The van der Waals surface area contributed by atoms with E-state index in [2.05, 4.69) is 20.6 Å². The summed E-state index contributed by atoms with van der Waals surface area (Å²) in [5.41, 5.74) is 0. The van der Waals surface area contributed by atoms with Crippen molar-refractivity contribution < 1.29 is 18.3 Å². The van der Waals surface area contributed by atoms with Gasteiger partial charge in [0.15, 0.2) is 6.10 Å². The lowest BCUT2D eigenvalue weighted by Gasteiger charge is -2.15. The van der Waals surface area contributed by atoms with Crippen molar-refractivity contribution in [2.75, 3.05) is 23.7 Å². The minimum atomic E-state index is -4.63. The predicted molar refractivity (Wildman–Crippen MR) is 56.7 cm³/mol. The molecule has 8 heteroatoms. The first-order valence-electron chi connectivity index (χ1n) is 4.99. The fourth-order valence-corrected chi connectivity index (χ4v) is 1.02. The van der Waals surface area contributed by atoms with Gasteiger partial charge >= 0.3 is 6.18 Å². The first kappa shape index (κ1) is 13.5. The van der Waals surface area contributed by atoms with Crippen molar-refractivity contribution in [1.29, 1.82) is 0 Å². The van der Waals surface area contributed by atoms with E-state index in [9.17, 15) is 13.2 Å². The Bertz CT molecular complexity index is 358. The maximum Gasteiger partial charge on any atom is 0.416 e. The van der Waals surface area contributed by atoms with Crippen molar-refractivity contribution in [1.82, 2.24) is 9.97 Å². The number of halogens is 3. The maximum atomic E-state index is 12.0. The number of rotatable bonds is 5. The molecule has 0 saturated carbocycles. The lowest BCUT2D eigenvalue weighted by molar-refractivity contribution is -0.198. The molecule has 0 aliphatic rings. The Balaban J connectivity index is 2.54. The Morgan fingerprint density at radius 1 is 1.41 bits per heavy atom. The molecule has 5 nitrogen and oxygen atoms in total. The van der Waals surface area contributed by atoms with E-state index >= 15 is 0 Å². The minimum Gasteiger partial charge on any atom is -0.382 e. The third kappa shape index (κ3) is 4.43. The Hall–Kier alpha value is -1.57. The van der Waals surface area contributed by atoms with Crippen LogP contribution in [-0.2, 0) is 0 Å². The number of alkyl halides is 3. The first-order valence-corrected chi connectivity index (χ1v) is 4.99. The number of aliphatic hydroxyl groups excluding tert-OH is 1. The molecule has 0 spiro atoms. The van der Waals surface area contributed by atoms with Crippen molar-refractivity contribution in [2.24, 2.45) is 0 Å². The van der Waals surface area contributed by atoms with Gasteiger partial charge in [-0.25, -0.2) is 4.98 Å². The number of hydrogen-bond acceptors (Lipinski definition) is 5. The zero-order valence-corrected chi connectivity index (χ0v) is 9.12. The molecule has 96 valence electrons. The molecule has 1 atom stereocenters. The van der Waals surface area contributed by atoms with Crippen LogP contribution in [0.15, 0.2) is 12.3 Å². The van der Waals surface area contributed by atoms with Crippen molar-refractivity contribution >= 4 is 11.8 Å². The highest BCUT2D eigenvalue weighted by atomic mass is 19.4. The lowest BCUT2D eigenvalue weighted by Crippen LogP contribution is -2.35. The average molecular weight is 250 g/mol. The summed E-state index contributed by atoms with van der Waals surface area (Å²) >= 11 is 0. The second-order valence-corrected chi connectivity index (χ2v) is 3.23. The SMILES string of the molecule is CCNc1nccc(NCC(O)C(F)(F)F)n1. The van der Waals surface area contributed by atoms with Gasteiger partial charge in [0.2, 0.25) is 5.95 Å². The molecule has 1 rings (SSSR count). The summed E-state index contributed by atoms with van der Waals surface area (Å²) in [4.78, 5) is 7.76. The summed E-state index contributed by atoms with van der Waals surface area (Å²) in [5.74, 6) is 0.540. The molecule has 0 bridgehead atoms. The second kappa shape index (κ2) is 5.67. The van der Waals surface area contributed by atoms with Crippen molar-refractivity contribution in [3.8, 4) is 0 Å². The molecule has 0 saturated heterocycles. The third-order valence-electron chi connectivity index (χ3n) is 1.84. The van der Waals surface area contributed by atoms with Crippen LogP contribution < -0.4 is 10.6 Å². The molecule has 1 heterocycles. The van der Waals surface area contributed by atoms with Crippen LogP contribution in [-0.4, -0.2) is 40.4 Å². The van der Waals surface area contributed by atoms with Gasteiger partial charge in [0.05, 0.1) is 6.54 Å². The molecular formula is C9H13F3N4O. The van der Waals surface area contributed by atoms with Gasteiger partial charge in [0.1, 0.15) is 5.82 Å². The summed E-state index contributed by atoms with van der Waals surface area (Å²) in [6, 6.07) is 1.42. The Morgan fingerprint density at radius 2 is 2.12 bits per heavy atom. The first-order chi connectivity index (χ1) is 7.93. The van der Waals surface area contributed by atoms with E-state index in [-0.39, 0.29) is 5.82 Å². The van der Waals surface area contributed by atoms with E-state index in [0.717, 1.165) is 0 Å². The largest absolute Gasteiger partial charge is 0.416 e. The number of aliphatic hydroxyl groups is 1. The van der Waals surface area contributed by atoms with Gasteiger partial charge in [0, 0.05) is 12.7 Å². The van der Waals surface area contributed by atoms with Crippen LogP contribution in [0.2, 0.25) is 0 Å². The van der Waals surface area contributed by atoms with Crippen molar-refractivity contribution in [3.63, 3.8) is 0 Å². The maximum absolute atomic E-state index is 12.0. The summed E-state index contributed by atoms with van der Waals surface area (Å²) in [6.45, 7) is 1.80. The van der Waals surface area contributed by atoms with Crippen molar-refractivity contribution in [2.45, 2.75) is 19.2 Å².